The Hall–Kier alpha value is -2.60. The van der Waals surface area contributed by atoms with E-state index in [1.807, 2.05) is 18.2 Å². The fourth-order valence-corrected chi connectivity index (χ4v) is 3.34. The van der Waals surface area contributed by atoms with E-state index in [9.17, 15) is 13.2 Å². The van der Waals surface area contributed by atoms with Crippen LogP contribution in [0.3, 0.4) is 0 Å². The molecule has 0 saturated heterocycles. The zero-order valence-corrected chi connectivity index (χ0v) is 15.9. The van der Waals surface area contributed by atoms with Gasteiger partial charge in [0.05, 0.1) is 10.6 Å². The van der Waals surface area contributed by atoms with Crippen LogP contribution in [0.4, 0.5) is 4.79 Å². The minimum absolute atomic E-state index is 0.237. The molecule has 0 bridgehead atoms. The zero-order valence-electron chi connectivity index (χ0n) is 15.1. The normalized spacial score (nSPS) is 12.5. The summed E-state index contributed by atoms with van der Waals surface area (Å²) in [5.41, 5.74) is 0.433. The summed E-state index contributed by atoms with van der Waals surface area (Å²) >= 11 is 0. The third kappa shape index (κ3) is 6.04. The second-order valence-corrected chi connectivity index (χ2v) is 8.74. The number of benzene rings is 2. The van der Waals surface area contributed by atoms with Crippen molar-refractivity contribution >= 4 is 21.6 Å². The van der Waals surface area contributed by atoms with Crippen LogP contribution < -0.4 is 5.32 Å². The monoisotopic (exact) mass is 373 g/mol. The molecule has 0 aliphatic carbocycles. The van der Waals surface area contributed by atoms with E-state index in [1.165, 1.54) is 6.08 Å². The number of rotatable bonds is 5. The average Bonchev–Trinajstić information content (AvgIpc) is 2.58. The van der Waals surface area contributed by atoms with Crippen LogP contribution in [0.1, 0.15) is 26.3 Å². The Morgan fingerprint density at radius 2 is 1.54 bits per heavy atom. The minimum Gasteiger partial charge on any atom is -0.444 e. The highest BCUT2D eigenvalue weighted by molar-refractivity contribution is 7.91. The van der Waals surface area contributed by atoms with E-state index in [0.29, 0.717) is 11.3 Å². The second-order valence-electron chi connectivity index (χ2n) is 6.71. The molecule has 0 saturated carbocycles. The minimum atomic E-state index is -3.50. The quantitative estimate of drug-likeness (QED) is 0.859. The van der Waals surface area contributed by atoms with Crippen LogP contribution >= 0.6 is 0 Å². The van der Waals surface area contributed by atoms with Crippen molar-refractivity contribution in [2.24, 2.45) is 0 Å². The molecule has 1 N–H and O–H groups in total. The molecule has 5 nitrogen and oxygen atoms in total. The molecule has 0 radical (unpaired) electrons. The molecular weight excluding hydrogens is 350 g/mol. The number of sulfone groups is 1. The van der Waals surface area contributed by atoms with E-state index >= 15 is 0 Å². The molecule has 0 heterocycles. The number of ether oxygens (including phenoxy) is 1. The van der Waals surface area contributed by atoms with Crippen molar-refractivity contribution in [2.75, 3.05) is 5.75 Å². The Labute approximate surface area is 154 Å². The van der Waals surface area contributed by atoms with E-state index in [0.717, 1.165) is 0 Å². The lowest BCUT2D eigenvalue weighted by molar-refractivity contribution is 0.0558. The molecule has 2 aromatic carbocycles. The zero-order chi connectivity index (χ0) is 19.2. The van der Waals surface area contributed by atoms with E-state index in [4.69, 9.17) is 4.74 Å². The molecule has 0 unspecified atom stereocenters. The van der Waals surface area contributed by atoms with Gasteiger partial charge in [-0.2, -0.15) is 0 Å². The number of carbonyl (C=O) groups excluding carboxylic acids is 1. The van der Waals surface area contributed by atoms with Crippen molar-refractivity contribution in [1.29, 1.82) is 0 Å². The Balaban J connectivity index is 2.26. The standard InChI is InChI=1S/C20H23NO4S/c1-20(2,3)25-19(22)21-18(16-10-6-4-7-11-16)14-15-26(23,24)17-12-8-5-9-13-17/h4-14H,15H2,1-3H3,(H,21,22)/b18-14-. The first-order chi connectivity index (χ1) is 12.2. The summed E-state index contributed by atoms with van der Waals surface area (Å²) in [5.74, 6) is -0.239. The first-order valence-corrected chi connectivity index (χ1v) is 9.86. The second kappa shape index (κ2) is 8.19. The number of nitrogens with one attached hydrogen (secondary N) is 1. The van der Waals surface area contributed by atoms with E-state index < -0.39 is 21.5 Å². The van der Waals surface area contributed by atoms with Gasteiger partial charge >= 0.3 is 6.09 Å². The summed E-state index contributed by atoms with van der Waals surface area (Å²) in [6.07, 6.45) is 0.853. The lowest BCUT2D eigenvalue weighted by atomic mass is 10.1. The van der Waals surface area contributed by atoms with Crippen LogP contribution in [0.15, 0.2) is 71.6 Å². The van der Waals surface area contributed by atoms with Gasteiger partial charge in [-0.05, 0) is 44.5 Å². The van der Waals surface area contributed by atoms with Crippen LogP contribution in [0.25, 0.3) is 5.70 Å². The summed E-state index contributed by atoms with van der Waals surface area (Å²) in [4.78, 5) is 12.4. The lowest BCUT2D eigenvalue weighted by Gasteiger charge is -2.20. The molecule has 0 atom stereocenters. The first kappa shape index (κ1) is 19.7. The molecule has 0 aliphatic heterocycles. The predicted molar refractivity (Wildman–Crippen MR) is 102 cm³/mol. The molecule has 0 aromatic heterocycles. The van der Waals surface area contributed by atoms with Gasteiger partial charge in [-0.25, -0.2) is 13.2 Å². The Kier molecular flexibility index (Phi) is 6.21. The maximum atomic E-state index is 12.5. The van der Waals surface area contributed by atoms with Crippen LogP contribution in [0.2, 0.25) is 0 Å². The summed E-state index contributed by atoms with van der Waals surface area (Å²) in [5, 5.41) is 2.65. The molecule has 138 valence electrons. The summed E-state index contributed by atoms with van der Waals surface area (Å²) in [7, 11) is -3.50. The lowest BCUT2D eigenvalue weighted by Crippen LogP contribution is -2.31. The van der Waals surface area contributed by atoms with E-state index in [1.54, 1.807) is 63.2 Å². The van der Waals surface area contributed by atoms with Gasteiger partial charge in [-0.1, -0.05) is 48.5 Å². The summed E-state index contributed by atoms with van der Waals surface area (Å²) < 4.78 is 30.3. The molecule has 0 spiro atoms. The fraction of sp³-hybridized carbons (Fsp3) is 0.250. The van der Waals surface area contributed by atoms with Crippen molar-refractivity contribution < 1.29 is 17.9 Å². The van der Waals surface area contributed by atoms with Crippen molar-refractivity contribution in [2.45, 2.75) is 31.3 Å². The van der Waals surface area contributed by atoms with Gasteiger partial charge in [-0.3, -0.25) is 5.32 Å². The van der Waals surface area contributed by atoms with Gasteiger partial charge in [0.1, 0.15) is 5.60 Å². The third-order valence-electron chi connectivity index (χ3n) is 3.33. The van der Waals surface area contributed by atoms with Crippen molar-refractivity contribution in [3.63, 3.8) is 0 Å². The third-order valence-corrected chi connectivity index (χ3v) is 4.93. The Bertz CT molecular complexity index is 867. The van der Waals surface area contributed by atoms with Crippen LogP contribution in [0.5, 0.6) is 0 Å². The number of alkyl carbamates (subject to hydrolysis) is 1. The Morgan fingerprint density at radius 1 is 1.00 bits per heavy atom. The number of hydrogen-bond donors (Lipinski definition) is 1. The highest BCUT2D eigenvalue weighted by Gasteiger charge is 2.18. The highest BCUT2D eigenvalue weighted by atomic mass is 32.2. The summed E-state index contributed by atoms with van der Waals surface area (Å²) in [6, 6.07) is 17.2. The molecule has 6 heteroatoms. The number of amides is 1. The van der Waals surface area contributed by atoms with Crippen molar-refractivity contribution in [3.05, 3.63) is 72.3 Å². The van der Waals surface area contributed by atoms with Gasteiger partial charge < -0.3 is 4.74 Å². The summed E-state index contributed by atoms with van der Waals surface area (Å²) in [6.45, 7) is 5.29. The average molecular weight is 373 g/mol. The SMILES string of the molecule is CC(C)(C)OC(=O)N/C(=C\CS(=O)(=O)c1ccccc1)c1ccccc1. The molecule has 0 fully saturated rings. The molecule has 1 amide bonds. The number of carbonyl (C=O) groups is 1. The maximum Gasteiger partial charge on any atom is 0.412 e. The smallest absolute Gasteiger partial charge is 0.412 e. The maximum absolute atomic E-state index is 12.5. The van der Waals surface area contributed by atoms with E-state index in [2.05, 4.69) is 5.32 Å². The van der Waals surface area contributed by atoms with E-state index in [-0.39, 0.29) is 10.6 Å². The first-order valence-electron chi connectivity index (χ1n) is 8.21. The highest BCUT2D eigenvalue weighted by Crippen LogP contribution is 2.16. The van der Waals surface area contributed by atoms with Crippen LogP contribution in [-0.4, -0.2) is 25.9 Å². The molecule has 26 heavy (non-hydrogen) atoms. The molecular formula is C20H23NO4S. The molecule has 2 rings (SSSR count). The predicted octanol–water partition coefficient (Wildman–Crippen LogP) is 4.03. The largest absolute Gasteiger partial charge is 0.444 e. The van der Waals surface area contributed by atoms with Gasteiger partial charge in [0.15, 0.2) is 9.84 Å². The van der Waals surface area contributed by atoms with Gasteiger partial charge in [0.2, 0.25) is 0 Å². The fourth-order valence-electron chi connectivity index (χ4n) is 2.19. The van der Waals surface area contributed by atoms with Gasteiger partial charge in [0.25, 0.3) is 0 Å². The van der Waals surface area contributed by atoms with Crippen LogP contribution in [-0.2, 0) is 14.6 Å². The Morgan fingerprint density at radius 3 is 2.08 bits per heavy atom. The molecule has 2 aromatic rings. The van der Waals surface area contributed by atoms with Crippen molar-refractivity contribution in [3.8, 4) is 0 Å². The van der Waals surface area contributed by atoms with Gasteiger partial charge in [-0.15, -0.1) is 0 Å². The number of hydrogen-bond acceptors (Lipinski definition) is 4. The van der Waals surface area contributed by atoms with Crippen LogP contribution in [0, 0.1) is 0 Å². The molecule has 0 aliphatic rings. The van der Waals surface area contributed by atoms with Gasteiger partial charge in [0, 0.05) is 5.70 Å². The van der Waals surface area contributed by atoms with Crippen molar-refractivity contribution in [1.82, 2.24) is 5.32 Å². The topological polar surface area (TPSA) is 72.5 Å².